The monoisotopic (exact) mass is 309 g/mol. The van der Waals surface area contributed by atoms with Crippen LogP contribution in [0.15, 0.2) is 18.3 Å². The summed E-state index contributed by atoms with van der Waals surface area (Å²) in [6, 6.07) is 3.12. The maximum atomic E-state index is 7.67. The zero-order valence-corrected chi connectivity index (χ0v) is 12.2. The normalized spacial score (nSPS) is 14.9. The summed E-state index contributed by atoms with van der Waals surface area (Å²) in [5, 5.41) is 0. The summed E-state index contributed by atoms with van der Waals surface area (Å²) in [6.07, 6.45) is 1.81. The van der Waals surface area contributed by atoms with Crippen LogP contribution in [0, 0.1) is 0 Å². The topological polar surface area (TPSA) is 106 Å². The molecule has 1 heterocycles. The van der Waals surface area contributed by atoms with Gasteiger partial charge in [0.2, 0.25) is 11.7 Å². The van der Waals surface area contributed by atoms with Gasteiger partial charge >= 0.3 is 0 Å². The van der Waals surface area contributed by atoms with E-state index in [0.29, 0.717) is 17.5 Å². The number of ether oxygens (including phenoxy) is 3. The number of nitrogens with zero attached hydrogens (tertiary/aromatic N) is 2. The molecule has 0 unspecified atom stereocenters. The summed E-state index contributed by atoms with van der Waals surface area (Å²) in [5.41, 5.74) is 12.6. The maximum Gasteiger partial charge on any atom is 0.221 e. The van der Waals surface area contributed by atoms with Crippen LogP contribution in [-0.4, -0.2) is 30.7 Å². The van der Waals surface area contributed by atoms with E-state index in [1.54, 1.807) is 12.1 Å². The first-order chi connectivity index (χ1) is 12.5. The number of benzene rings is 1. The maximum absolute atomic E-state index is 7.67. The number of anilines is 2. The van der Waals surface area contributed by atoms with Crippen molar-refractivity contribution in [1.82, 2.24) is 9.97 Å². The number of nitrogen functional groups attached to an aromatic ring is 2. The van der Waals surface area contributed by atoms with Gasteiger partial charge in [0, 0.05) is 22.3 Å². The largest absolute Gasteiger partial charge is 0.493 e. The molecule has 0 radical (unpaired) electrons. The minimum absolute atomic E-state index is 0.0575. The minimum Gasteiger partial charge on any atom is -0.493 e. The zero-order chi connectivity index (χ0) is 20.4. The molecule has 22 heavy (non-hydrogen) atoms. The standard InChI is InChI=1S/C15H20N4O3/c1-4-22-13-11(20-2)6-9(7-12(13)21-3)5-10-8-18-15(17)19-14(10)16/h6-8H,4-5H2,1-3H3,(H4,16,17,18,19)/i1D3,4D2. The fraction of sp³-hybridized carbons (Fsp3) is 0.333. The van der Waals surface area contributed by atoms with Crippen molar-refractivity contribution in [2.24, 2.45) is 0 Å². The SMILES string of the molecule is [2H]C([2H])([2H])C([2H])([2H])Oc1c(OC)cc(Cc2cnc(N)nc2N)cc1OC. The fourth-order valence-corrected chi connectivity index (χ4v) is 1.98. The van der Waals surface area contributed by atoms with Crippen molar-refractivity contribution in [2.75, 3.05) is 32.2 Å². The molecule has 118 valence electrons. The highest BCUT2D eigenvalue weighted by molar-refractivity contribution is 5.55. The minimum atomic E-state index is -3.00. The highest BCUT2D eigenvalue weighted by Gasteiger charge is 2.15. The van der Waals surface area contributed by atoms with Gasteiger partial charge in [-0.2, -0.15) is 4.98 Å². The van der Waals surface area contributed by atoms with E-state index in [1.165, 1.54) is 20.4 Å². The van der Waals surface area contributed by atoms with Gasteiger partial charge in [-0.05, 0) is 24.5 Å². The number of aromatic nitrogens is 2. The molecule has 7 heteroatoms. The van der Waals surface area contributed by atoms with Gasteiger partial charge < -0.3 is 25.7 Å². The van der Waals surface area contributed by atoms with E-state index in [4.69, 9.17) is 32.5 Å². The molecule has 1 aromatic heterocycles. The molecule has 1 aromatic carbocycles. The van der Waals surface area contributed by atoms with Crippen LogP contribution in [0.1, 0.15) is 24.8 Å². The molecule has 4 N–H and O–H groups in total. The fourth-order valence-electron chi connectivity index (χ4n) is 1.98. The number of hydrogen-bond donors (Lipinski definition) is 2. The van der Waals surface area contributed by atoms with E-state index in [9.17, 15) is 0 Å². The summed E-state index contributed by atoms with van der Waals surface area (Å²) >= 11 is 0. The second kappa shape index (κ2) is 6.84. The highest BCUT2D eigenvalue weighted by atomic mass is 16.5. The number of methoxy groups -OCH3 is 2. The summed E-state index contributed by atoms with van der Waals surface area (Å²) in [4.78, 5) is 7.79. The number of rotatable bonds is 6. The van der Waals surface area contributed by atoms with Gasteiger partial charge in [-0.1, -0.05) is 0 Å². The Morgan fingerprint density at radius 3 is 2.45 bits per heavy atom. The average molecular weight is 309 g/mol. The molecule has 0 atom stereocenters. The molecule has 0 aliphatic rings. The molecule has 0 aliphatic carbocycles. The number of hydrogen-bond acceptors (Lipinski definition) is 7. The molecular weight excluding hydrogens is 284 g/mol. The van der Waals surface area contributed by atoms with Crippen LogP contribution in [0.2, 0.25) is 0 Å². The zero-order valence-electron chi connectivity index (χ0n) is 17.2. The Morgan fingerprint density at radius 2 is 1.91 bits per heavy atom. The van der Waals surface area contributed by atoms with Crippen molar-refractivity contribution >= 4 is 11.8 Å². The van der Waals surface area contributed by atoms with Crippen LogP contribution in [0.25, 0.3) is 0 Å². The molecule has 2 aromatic rings. The lowest BCUT2D eigenvalue weighted by molar-refractivity contribution is 0.288. The van der Waals surface area contributed by atoms with E-state index in [-0.39, 0.29) is 29.0 Å². The first kappa shape index (κ1) is 10.1. The van der Waals surface area contributed by atoms with Crippen LogP contribution in [0.3, 0.4) is 0 Å². The van der Waals surface area contributed by atoms with Crippen LogP contribution >= 0.6 is 0 Å². The Balaban J connectivity index is 2.44. The second-order valence-electron chi connectivity index (χ2n) is 4.35. The Bertz CT molecular complexity index is 805. The average Bonchev–Trinajstić information content (AvgIpc) is 2.57. The van der Waals surface area contributed by atoms with Crippen molar-refractivity contribution in [3.8, 4) is 17.2 Å². The molecule has 2 rings (SSSR count). The summed E-state index contributed by atoms with van der Waals surface area (Å²) in [5.74, 6) is 0.327. The summed E-state index contributed by atoms with van der Waals surface area (Å²) in [7, 11) is 2.69. The first-order valence-corrected chi connectivity index (χ1v) is 6.29. The Kier molecular flexibility index (Phi) is 3.14. The highest BCUT2D eigenvalue weighted by Crippen LogP contribution is 2.39. The van der Waals surface area contributed by atoms with Crippen LogP contribution in [0.5, 0.6) is 17.2 Å². The second-order valence-corrected chi connectivity index (χ2v) is 4.35. The van der Waals surface area contributed by atoms with Gasteiger partial charge in [-0.15, -0.1) is 0 Å². The molecule has 0 bridgehead atoms. The van der Waals surface area contributed by atoms with Gasteiger partial charge in [0.05, 0.1) is 23.5 Å². The summed E-state index contributed by atoms with van der Waals surface area (Å²) < 4.78 is 52.8. The van der Waals surface area contributed by atoms with E-state index in [0.717, 1.165) is 0 Å². The van der Waals surface area contributed by atoms with Crippen molar-refractivity contribution < 1.29 is 21.1 Å². The lowest BCUT2D eigenvalue weighted by atomic mass is 10.1. The van der Waals surface area contributed by atoms with Crippen molar-refractivity contribution in [3.05, 3.63) is 29.5 Å². The lowest BCUT2D eigenvalue weighted by Crippen LogP contribution is -2.05. The summed E-state index contributed by atoms with van der Waals surface area (Å²) in [6.45, 7) is -5.94. The van der Waals surface area contributed by atoms with E-state index >= 15 is 0 Å². The van der Waals surface area contributed by atoms with Crippen LogP contribution < -0.4 is 25.7 Å². The van der Waals surface area contributed by atoms with Crippen molar-refractivity contribution in [1.29, 1.82) is 0 Å². The molecule has 0 saturated heterocycles. The Hall–Kier alpha value is -2.70. The smallest absolute Gasteiger partial charge is 0.221 e. The van der Waals surface area contributed by atoms with Gasteiger partial charge in [0.25, 0.3) is 0 Å². The first-order valence-electron chi connectivity index (χ1n) is 8.79. The molecule has 7 nitrogen and oxygen atoms in total. The van der Waals surface area contributed by atoms with E-state index < -0.39 is 13.4 Å². The Labute approximate surface area is 136 Å². The van der Waals surface area contributed by atoms with E-state index in [1.807, 2.05) is 0 Å². The third-order valence-electron chi connectivity index (χ3n) is 2.98. The number of nitrogens with two attached hydrogens (primary N) is 2. The predicted octanol–water partition coefficient (Wildman–Crippen LogP) is 1.65. The third kappa shape index (κ3) is 3.30. The van der Waals surface area contributed by atoms with Gasteiger partial charge in [-0.25, -0.2) is 4.98 Å². The Morgan fingerprint density at radius 1 is 1.23 bits per heavy atom. The molecule has 0 amide bonds. The third-order valence-corrected chi connectivity index (χ3v) is 2.98. The van der Waals surface area contributed by atoms with Gasteiger partial charge in [0.15, 0.2) is 11.5 Å². The molecule has 0 spiro atoms. The van der Waals surface area contributed by atoms with Crippen molar-refractivity contribution in [2.45, 2.75) is 13.3 Å². The van der Waals surface area contributed by atoms with E-state index in [2.05, 4.69) is 9.97 Å². The van der Waals surface area contributed by atoms with Crippen LogP contribution in [-0.2, 0) is 6.42 Å². The predicted molar refractivity (Wildman–Crippen MR) is 84.4 cm³/mol. The quantitative estimate of drug-likeness (QED) is 0.835. The molecule has 0 saturated carbocycles. The molecule has 0 fully saturated rings. The van der Waals surface area contributed by atoms with Gasteiger partial charge in [0.1, 0.15) is 5.82 Å². The lowest BCUT2D eigenvalue weighted by Gasteiger charge is -2.15. The van der Waals surface area contributed by atoms with Crippen LogP contribution in [0.4, 0.5) is 11.8 Å². The van der Waals surface area contributed by atoms with Crippen molar-refractivity contribution in [3.63, 3.8) is 0 Å². The molecule has 0 aliphatic heterocycles. The van der Waals surface area contributed by atoms with Gasteiger partial charge in [-0.3, -0.25) is 0 Å². The molecular formula is C15H20N4O3.